The number of esters is 1. The van der Waals surface area contributed by atoms with Crippen molar-refractivity contribution in [3.63, 3.8) is 0 Å². The van der Waals surface area contributed by atoms with E-state index in [0.717, 1.165) is 16.9 Å². The normalized spacial score (nSPS) is 18.0. The molecule has 1 fully saturated rings. The van der Waals surface area contributed by atoms with E-state index in [9.17, 15) is 19.2 Å². The molecule has 0 aromatic heterocycles. The molecular formula is C11H17N3O7. The number of carbonyl (C=O) groups is 4. The van der Waals surface area contributed by atoms with Crippen molar-refractivity contribution in [2.45, 2.75) is 6.04 Å². The van der Waals surface area contributed by atoms with Gasteiger partial charge in [-0.1, -0.05) is 0 Å². The van der Waals surface area contributed by atoms with Crippen LogP contribution in [0.1, 0.15) is 0 Å². The van der Waals surface area contributed by atoms with Crippen LogP contribution in [0.4, 0.5) is 4.79 Å². The van der Waals surface area contributed by atoms with Crippen LogP contribution in [0.5, 0.6) is 0 Å². The maximum absolute atomic E-state index is 12.3. The van der Waals surface area contributed by atoms with Gasteiger partial charge in [0.15, 0.2) is 6.04 Å². The lowest BCUT2D eigenvalue weighted by atomic mass is 10.2. The van der Waals surface area contributed by atoms with Crippen molar-refractivity contribution < 1.29 is 33.8 Å². The molecule has 0 aromatic rings. The minimum absolute atomic E-state index is 0.0596. The summed E-state index contributed by atoms with van der Waals surface area (Å²) < 4.78 is 9.68. The highest BCUT2D eigenvalue weighted by atomic mass is 16.5. The third kappa shape index (κ3) is 4.60. The van der Waals surface area contributed by atoms with Gasteiger partial charge >= 0.3 is 18.0 Å². The summed E-state index contributed by atoms with van der Waals surface area (Å²) in [7, 11) is 1.16. The lowest BCUT2D eigenvalue weighted by Crippen LogP contribution is -2.58. The fraction of sp³-hybridized carbons (Fsp3) is 0.636. The highest BCUT2D eigenvalue weighted by Gasteiger charge is 2.36. The van der Waals surface area contributed by atoms with Gasteiger partial charge in [0.25, 0.3) is 0 Å². The molecule has 1 rings (SSSR count). The second kappa shape index (κ2) is 7.43. The first-order valence-electron chi connectivity index (χ1n) is 6.08. The predicted molar refractivity (Wildman–Crippen MR) is 67.1 cm³/mol. The first-order chi connectivity index (χ1) is 9.86. The highest BCUT2D eigenvalue weighted by molar-refractivity contribution is 5.89. The zero-order valence-corrected chi connectivity index (χ0v) is 11.5. The van der Waals surface area contributed by atoms with Gasteiger partial charge in [-0.15, -0.1) is 0 Å². The Labute approximate surface area is 120 Å². The minimum Gasteiger partial charge on any atom is -0.480 e. The number of carboxylic acids is 1. The highest BCUT2D eigenvalue weighted by Crippen LogP contribution is 2.12. The van der Waals surface area contributed by atoms with Crippen molar-refractivity contribution in [1.82, 2.24) is 9.80 Å². The Morgan fingerprint density at radius 2 is 2.05 bits per heavy atom. The zero-order valence-electron chi connectivity index (χ0n) is 11.5. The molecule has 0 saturated carbocycles. The van der Waals surface area contributed by atoms with Gasteiger partial charge in [-0.3, -0.25) is 9.59 Å². The van der Waals surface area contributed by atoms with Crippen molar-refractivity contribution in [1.29, 1.82) is 0 Å². The van der Waals surface area contributed by atoms with E-state index in [-0.39, 0.29) is 19.8 Å². The van der Waals surface area contributed by atoms with E-state index in [1.807, 2.05) is 0 Å². The van der Waals surface area contributed by atoms with Gasteiger partial charge in [0.1, 0.15) is 13.1 Å². The Balaban J connectivity index is 2.90. The molecule has 1 unspecified atom stereocenters. The first kappa shape index (κ1) is 16.7. The van der Waals surface area contributed by atoms with E-state index < -0.39 is 43.0 Å². The molecule has 10 nitrogen and oxygen atoms in total. The van der Waals surface area contributed by atoms with Gasteiger partial charge < -0.3 is 30.1 Å². The summed E-state index contributed by atoms with van der Waals surface area (Å²) in [6, 6.07) is -1.77. The van der Waals surface area contributed by atoms with Crippen LogP contribution in [0.3, 0.4) is 0 Å². The van der Waals surface area contributed by atoms with Gasteiger partial charge in [-0.25, -0.2) is 9.59 Å². The average molecular weight is 303 g/mol. The molecule has 0 radical (unpaired) electrons. The smallest absolute Gasteiger partial charge is 0.331 e. The number of nitrogens with two attached hydrogens (primary N) is 1. The van der Waals surface area contributed by atoms with Crippen molar-refractivity contribution in [2.24, 2.45) is 5.73 Å². The average Bonchev–Trinajstić information content (AvgIpc) is 2.44. The van der Waals surface area contributed by atoms with Crippen LogP contribution in [0, 0.1) is 0 Å². The van der Waals surface area contributed by atoms with Crippen LogP contribution in [-0.2, 0) is 23.9 Å². The molecule has 1 saturated heterocycles. The Hall–Kier alpha value is -2.36. The lowest BCUT2D eigenvalue weighted by Gasteiger charge is -2.36. The number of carboxylic acid groups (broad SMARTS) is 1. The fourth-order valence-electron chi connectivity index (χ4n) is 1.89. The molecule has 0 aromatic carbocycles. The predicted octanol–water partition coefficient (Wildman–Crippen LogP) is -2.15. The zero-order chi connectivity index (χ0) is 16.0. The minimum atomic E-state index is -1.30. The monoisotopic (exact) mass is 303 g/mol. The van der Waals surface area contributed by atoms with Crippen molar-refractivity contribution in [2.75, 3.05) is 40.0 Å². The lowest BCUT2D eigenvalue weighted by molar-refractivity contribution is -0.151. The largest absolute Gasteiger partial charge is 0.480 e. The van der Waals surface area contributed by atoms with Crippen LogP contribution < -0.4 is 5.73 Å². The van der Waals surface area contributed by atoms with E-state index in [0.29, 0.717) is 0 Å². The molecule has 0 spiro atoms. The summed E-state index contributed by atoms with van der Waals surface area (Å²) in [4.78, 5) is 47.5. The maximum Gasteiger partial charge on any atom is 0.331 e. The van der Waals surface area contributed by atoms with Crippen LogP contribution in [0.2, 0.25) is 0 Å². The van der Waals surface area contributed by atoms with Gasteiger partial charge in [0.2, 0.25) is 5.91 Å². The summed E-state index contributed by atoms with van der Waals surface area (Å²) in [5.74, 6) is -2.84. The van der Waals surface area contributed by atoms with Gasteiger partial charge in [-0.2, -0.15) is 0 Å². The van der Waals surface area contributed by atoms with Crippen LogP contribution >= 0.6 is 0 Å². The number of rotatable bonds is 5. The molecule has 118 valence electrons. The number of hydrogen-bond donors (Lipinski definition) is 2. The third-order valence-electron chi connectivity index (χ3n) is 2.79. The molecule has 0 aliphatic carbocycles. The number of carbonyl (C=O) groups excluding carboxylic acids is 3. The Morgan fingerprint density at radius 1 is 1.38 bits per heavy atom. The number of nitrogens with zero attached hydrogens (tertiary/aromatic N) is 2. The van der Waals surface area contributed by atoms with Gasteiger partial charge in [0.05, 0.1) is 20.3 Å². The summed E-state index contributed by atoms with van der Waals surface area (Å²) in [6.07, 6.45) is 0. The van der Waals surface area contributed by atoms with Gasteiger partial charge in [0, 0.05) is 6.54 Å². The molecule has 1 aliphatic rings. The fourth-order valence-corrected chi connectivity index (χ4v) is 1.89. The molecule has 1 aliphatic heterocycles. The standard InChI is InChI=1S/C11H17N3O7/c1-20-10(18)7-6-21-3-2-14(7)11(19)13(4-8(12)15)5-9(16)17/h7H,2-6H2,1H3,(H2,12,15)(H,16,17). The van der Waals surface area contributed by atoms with E-state index in [1.54, 1.807) is 0 Å². The summed E-state index contributed by atoms with van der Waals surface area (Å²) in [5, 5.41) is 8.78. The Morgan fingerprint density at radius 3 is 2.57 bits per heavy atom. The Bertz CT molecular complexity index is 424. The van der Waals surface area contributed by atoms with Crippen LogP contribution in [-0.4, -0.2) is 84.8 Å². The van der Waals surface area contributed by atoms with E-state index >= 15 is 0 Å². The van der Waals surface area contributed by atoms with E-state index in [2.05, 4.69) is 4.74 Å². The SMILES string of the molecule is COC(=O)C1COCCN1C(=O)N(CC(N)=O)CC(=O)O. The molecule has 1 atom stereocenters. The molecule has 10 heteroatoms. The maximum atomic E-state index is 12.3. The second-order valence-corrected chi connectivity index (χ2v) is 4.31. The molecule has 3 N–H and O–H groups in total. The molecule has 21 heavy (non-hydrogen) atoms. The second-order valence-electron chi connectivity index (χ2n) is 4.31. The number of aliphatic carboxylic acids is 1. The summed E-state index contributed by atoms with van der Waals surface area (Å²) in [6.45, 7) is -1.05. The van der Waals surface area contributed by atoms with Crippen LogP contribution in [0.15, 0.2) is 0 Å². The van der Waals surface area contributed by atoms with Crippen molar-refractivity contribution in [3.8, 4) is 0 Å². The molecule has 0 bridgehead atoms. The first-order valence-corrected chi connectivity index (χ1v) is 6.08. The number of morpholine rings is 1. The summed E-state index contributed by atoms with van der Waals surface area (Å²) >= 11 is 0. The van der Waals surface area contributed by atoms with Crippen molar-refractivity contribution >= 4 is 23.9 Å². The Kier molecular flexibility index (Phi) is 5.91. The van der Waals surface area contributed by atoms with E-state index in [4.69, 9.17) is 15.6 Å². The quantitative estimate of drug-likeness (QED) is 0.552. The van der Waals surface area contributed by atoms with Crippen molar-refractivity contribution in [3.05, 3.63) is 0 Å². The number of amides is 3. The number of methoxy groups -OCH3 is 1. The topological polar surface area (TPSA) is 139 Å². The van der Waals surface area contributed by atoms with E-state index in [1.165, 1.54) is 0 Å². The number of ether oxygens (including phenoxy) is 2. The molecule has 3 amide bonds. The number of urea groups is 1. The van der Waals surface area contributed by atoms with Gasteiger partial charge in [-0.05, 0) is 0 Å². The number of hydrogen-bond acceptors (Lipinski definition) is 6. The third-order valence-corrected chi connectivity index (χ3v) is 2.79. The molecular weight excluding hydrogens is 286 g/mol. The summed E-state index contributed by atoms with van der Waals surface area (Å²) in [5.41, 5.74) is 5.00. The molecule has 1 heterocycles. The number of primary amides is 1. The van der Waals surface area contributed by atoms with Crippen LogP contribution in [0.25, 0.3) is 0 Å².